The van der Waals surface area contributed by atoms with Crippen molar-refractivity contribution >= 4 is 34.5 Å². The normalized spacial score (nSPS) is 18.7. The predicted molar refractivity (Wildman–Crippen MR) is 137 cm³/mol. The van der Waals surface area contributed by atoms with Gasteiger partial charge in [-0.1, -0.05) is 12.1 Å². The number of nitrogens with zero attached hydrogens (tertiary/aromatic N) is 3. The van der Waals surface area contributed by atoms with Crippen molar-refractivity contribution in [3.05, 3.63) is 47.7 Å². The summed E-state index contributed by atoms with van der Waals surface area (Å²) in [6.45, 7) is 9.22. The Labute approximate surface area is 199 Å². The third-order valence-corrected chi connectivity index (χ3v) is 6.18. The fourth-order valence-corrected chi connectivity index (χ4v) is 4.28. The lowest BCUT2D eigenvalue weighted by atomic mass is 10.1. The quantitative estimate of drug-likeness (QED) is 0.533. The zero-order valence-electron chi connectivity index (χ0n) is 20.0. The minimum Gasteiger partial charge on any atom is -0.380 e. The molecule has 1 fully saturated rings. The predicted octanol–water partition coefficient (Wildman–Crippen LogP) is 2.26. The number of rotatable bonds is 7. The molecule has 3 N–H and O–H groups in total. The van der Waals surface area contributed by atoms with Crippen LogP contribution in [-0.2, 0) is 28.7 Å². The average molecular weight is 473 g/mol. The van der Waals surface area contributed by atoms with Crippen molar-refractivity contribution in [1.82, 2.24) is 14.6 Å². The summed E-state index contributed by atoms with van der Waals surface area (Å²) in [6, 6.07) is 10.4. The molecule has 180 valence electrons. The summed E-state index contributed by atoms with van der Waals surface area (Å²) in [7, 11) is 1.17. The van der Waals surface area contributed by atoms with E-state index in [0.29, 0.717) is 12.6 Å². The summed E-state index contributed by atoms with van der Waals surface area (Å²) in [6.07, 6.45) is 5.15. The summed E-state index contributed by atoms with van der Waals surface area (Å²) in [4.78, 5) is 19.9. The number of hydrogen-bond acceptors (Lipinski definition) is 7. The molecule has 2 unspecified atom stereocenters. The zero-order valence-corrected chi connectivity index (χ0v) is 20.8. The first kappa shape index (κ1) is 25.1. The molecule has 2 aliphatic heterocycles. The lowest BCUT2D eigenvalue weighted by Crippen LogP contribution is -2.45. The van der Waals surface area contributed by atoms with E-state index in [-0.39, 0.29) is 6.04 Å². The van der Waals surface area contributed by atoms with Crippen molar-refractivity contribution in [3.63, 3.8) is 0 Å². The smallest absolute Gasteiger partial charge is 0.152 e. The number of carbonyl (C=O) groups is 1. The van der Waals surface area contributed by atoms with Gasteiger partial charge in [-0.3, -0.25) is 0 Å². The highest BCUT2D eigenvalue weighted by Gasteiger charge is 2.20. The zero-order chi connectivity index (χ0) is 23.8. The van der Waals surface area contributed by atoms with Gasteiger partial charge in [-0.2, -0.15) is 0 Å². The summed E-state index contributed by atoms with van der Waals surface area (Å²) >= 11 is 0. The molecule has 0 saturated carbocycles. The average Bonchev–Trinajstić information content (AvgIpc) is 3.21. The number of piperazine rings is 1. The van der Waals surface area contributed by atoms with Crippen molar-refractivity contribution < 1.29 is 9.00 Å². The molecular formula is C24H36N6O2S. The fourth-order valence-electron chi connectivity index (χ4n) is 3.91. The Morgan fingerprint density at radius 1 is 1.24 bits per heavy atom. The van der Waals surface area contributed by atoms with Gasteiger partial charge in [0.1, 0.15) is 6.29 Å². The summed E-state index contributed by atoms with van der Waals surface area (Å²) in [5.41, 5.74) is 4.41. The van der Waals surface area contributed by atoms with Crippen LogP contribution >= 0.6 is 0 Å². The van der Waals surface area contributed by atoms with E-state index in [1.54, 1.807) is 6.26 Å². The highest BCUT2D eigenvalue weighted by atomic mass is 32.2. The number of benzene rings is 1. The van der Waals surface area contributed by atoms with Gasteiger partial charge < -0.3 is 25.2 Å². The third kappa shape index (κ3) is 7.52. The molecule has 0 spiro atoms. The van der Waals surface area contributed by atoms with Crippen LogP contribution in [0, 0.1) is 0 Å². The topological polar surface area (TPSA) is 89.6 Å². The van der Waals surface area contributed by atoms with E-state index in [1.807, 2.05) is 30.5 Å². The minimum atomic E-state index is -0.995. The molecule has 0 aliphatic carbocycles. The van der Waals surface area contributed by atoms with Gasteiger partial charge in [-0.25, -0.2) is 13.9 Å². The van der Waals surface area contributed by atoms with Gasteiger partial charge in [0.15, 0.2) is 5.82 Å². The Bertz CT molecular complexity index is 946. The molecule has 4 rings (SSSR count). The van der Waals surface area contributed by atoms with Crippen LogP contribution in [-0.4, -0.2) is 71.9 Å². The largest absolute Gasteiger partial charge is 0.380 e. The maximum atomic E-state index is 10.9. The molecule has 8 nitrogen and oxygen atoms in total. The van der Waals surface area contributed by atoms with Crippen molar-refractivity contribution in [2.75, 3.05) is 55.0 Å². The Morgan fingerprint density at radius 2 is 2.00 bits per heavy atom. The van der Waals surface area contributed by atoms with Crippen molar-refractivity contribution in [2.24, 2.45) is 0 Å². The number of likely N-dealkylation sites (N-methyl/N-ethyl adjacent to an activating group) is 1. The second-order valence-corrected chi connectivity index (χ2v) is 10.0. The summed E-state index contributed by atoms with van der Waals surface area (Å²) < 4.78 is 13.8. The molecule has 1 aromatic heterocycles. The Morgan fingerprint density at radius 3 is 2.67 bits per heavy atom. The van der Waals surface area contributed by atoms with Crippen LogP contribution in [0.25, 0.3) is 0 Å². The molecule has 2 aliphatic rings. The van der Waals surface area contributed by atoms with Crippen LogP contribution in [0.15, 0.2) is 36.5 Å². The Hall–Kier alpha value is -2.49. The lowest BCUT2D eigenvalue weighted by molar-refractivity contribution is -0.108. The molecular weight excluding hydrogens is 436 g/mol. The highest BCUT2D eigenvalue weighted by Crippen LogP contribution is 2.26. The molecule has 0 bridgehead atoms. The van der Waals surface area contributed by atoms with Crippen LogP contribution in [0.1, 0.15) is 25.0 Å². The molecule has 0 radical (unpaired) electrons. The molecule has 1 aromatic carbocycles. The first-order valence-electron chi connectivity index (χ1n) is 11.4. The number of nitrogens with one attached hydrogen (secondary N) is 3. The fraction of sp³-hybridized carbons (Fsp3) is 0.500. The van der Waals surface area contributed by atoms with E-state index in [4.69, 9.17) is 0 Å². The van der Waals surface area contributed by atoms with Gasteiger partial charge in [0.25, 0.3) is 0 Å². The number of fused-ring (bicyclic) bond motifs is 1. The van der Waals surface area contributed by atoms with E-state index in [0.717, 1.165) is 67.2 Å². The van der Waals surface area contributed by atoms with Gasteiger partial charge in [0, 0.05) is 63.3 Å². The first-order valence-corrected chi connectivity index (χ1v) is 13.0. The molecule has 2 atom stereocenters. The SMILES string of the molecule is CC(C)Nc1cccnc1N1CCN(C)CC1.CS(=O)NCc1ccc2c(c1)CC(C=O)N2. The molecule has 2 aromatic rings. The number of pyridine rings is 1. The monoisotopic (exact) mass is 472 g/mol. The number of hydrogen-bond donors (Lipinski definition) is 3. The number of anilines is 3. The molecule has 1 saturated heterocycles. The van der Waals surface area contributed by atoms with E-state index >= 15 is 0 Å². The Kier molecular flexibility index (Phi) is 9.22. The second-order valence-electron chi connectivity index (χ2n) is 8.82. The number of aldehydes is 1. The van der Waals surface area contributed by atoms with Crippen LogP contribution in [0.4, 0.5) is 17.2 Å². The molecule has 9 heteroatoms. The van der Waals surface area contributed by atoms with Crippen LogP contribution in [0.2, 0.25) is 0 Å². The van der Waals surface area contributed by atoms with E-state index in [2.05, 4.69) is 57.1 Å². The van der Waals surface area contributed by atoms with Gasteiger partial charge in [-0.05, 0) is 50.2 Å². The van der Waals surface area contributed by atoms with Crippen molar-refractivity contribution in [3.8, 4) is 0 Å². The highest BCUT2D eigenvalue weighted by molar-refractivity contribution is 7.82. The van der Waals surface area contributed by atoms with Crippen molar-refractivity contribution in [2.45, 2.75) is 38.9 Å². The van der Waals surface area contributed by atoms with Crippen LogP contribution in [0.3, 0.4) is 0 Å². The van der Waals surface area contributed by atoms with Gasteiger partial charge in [0.2, 0.25) is 0 Å². The Balaban J connectivity index is 0.000000186. The first-order chi connectivity index (χ1) is 15.9. The summed E-state index contributed by atoms with van der Waals surface area (Å²) in [5.74, 6) is 1.09. The van der Waals surface area contributed by atoms with Gasteiger partial charge in [-0.15, -0.1) is 0 Å². The molecule has 33 heavy (non-hydrogen) atoms. The lowest BCUT2D eigenvalue weighted by Gasteiger charge is -2.34. The van der Waals surface area contributed by atoms with Crippen LogP contribution in [0.5, 0.6) is 0 Å². The van der Waals surface area contributed by atoms with Crippen molar-refractivity contribution in [1.29, 1.82) is 0 Å². The third-order valence-electron chi connectivity index (χ3n) is 5.63. The van der Waals surface area contributed by atoms with Gasteiger partial charge >= 0.3 is 0 Å². The molecule has 0 amide bonds. The van der Waals surface area contributed by atoms with E-state index < -0.39 is 11.0 Å². The maximum absolute atomic E-state index is 10.9. The minimum absolute atomic E-state index is 0.0986. The van der Waals surface area contributed by atoms with Crippen LogP contribution < -0.4 is 20.3 Å². The van der Waals surface area contributed by atoms with Gasteiger partial charge in [0.05, 0.1) is 22.7 Å². The molecule has 3 heterocycles. The number of carbonyl (C=O) groups excluding carboxylic acids is 1. The second kappa shape index (κ2) is 12.1. The maximum Gasteiger partial charge on any atom is 0.152 e. The number of aromatic nitrogens is 1. The summed E-state index contributed by atoms with van der Waals surface area (Å²) in [5, 5.41) is 6.59. The van der Waals surface area contributed by atoms with E-state index in [1.165, 1.54) is 0 Å². The standard InChI is InChI=1S/C13H22N4.C11H14N2O2S/c1-11(2)15-12-5-4-6-14-13(12)17-9-7-16(3)8-10-17;1-16(15)12-6-8-2-3-11-9(4-8)5-10(7-14)13-11/h4-6,11,15H,7-10H2,1-3H3;2-4,7,10,12-13H,5-6H2,1H3. The van der Waals surface area contributed by atoms with E-state index in [9.17, 15) is 9.00 Å².